The summed E-state index contributed by atoms with van der Waals surface area (Å²) in [6, 6.07) is 2.20. The minimum absolute atomic E-state index is 0.731. The van der Waals surface area contributed by atoms with Crippen LogP contribution in [0.5, 0.6) is 0 Å². The maximum Gasteiger partial charge on any atom is 0.0622 e. The molecule has 1 aliphatic carbocycles. The van der Waals surface area contributed by atoms with Gasteiger partial charge < -0.3 is 0 Å². The van der Waals surface area contributed by atoms with E-state index < -0.39 is 0 Å². The van der Waals surface area contributed by atoms with Gasteiger partial charge in [0, 0.05) is 11.7 Å². The smallest absolute Gasteiger partial charge is 0.0622 e. The van der Waals surface area contributed by atoms with Gasteiger partial charge in [-0.05, 0) is 30.9 Å². The van der Waals surface area contributed by atoms with Crippen LogP contribution in [0.4, 0.5) is 0 Å². The first kappa shape index (κ1) is 10.9. The molecule has 74 valence electrons. The molecule has 0 aliphatic heterocycles. The molecule has 0 bridgehead atoms. The van der Waals surface area contributed by atoms with Crippen molar-refractivity contribution in [2.75, 3.05) is 5.75 Å². The fourth-order valence-corrected chi connectivity index (χ4v) is 3.37. The topological polar surface area (TPSA) is 23.8 Å². The van der Waals surface area contributed by atoms with Gasteiger partial charge in [-0.1, -0.05) is 19.8 Å². The summed E-state index contributed by atoms with van der Waals surface area (Å²) in [7, 11) is 0. The van der Waals surface area contributed by atoms with Gasteiger partial charge in [-0.15, -0.1) is 0 Å². The van der Waals surface area contributed by atoms with Crippen LogP contribution in [0.25, 0.3) is 0 Å². The summed E-state index contributed by atoms with van der Waals surface area (Å²) in [6.07, 6.45) is 7.45. The maximum atomic E-state index is 8.39. The third-order valence-electron chi connectivity index (χ3n) is 2.67. The van der Waals surface area contributed by atoms with Gasteiger partial charge in [-0.3, -0.25) is 0 Å². The van der Waals surface area contributed by atoms with E-state index >= 15 is 0 Å². The SMILES string of the molecule is CC1CCCC(SCCCC#N)C1. The first-order valence-corrected chi connectivity index (χ1v) is 6.36. The second-order valence-electron chi connectivity index (χ2n) is 4.03. The minimum atomic E-state index is 0.731. The number of thioether (sulfide) groups is 1. The van der Waals surface area contributed by atoms with Crippen molar-refractivity contribution in [2.24, 2.45) is 5.92 Å². The van der Waals surface area contributed by atoms with E-state index in [1.54, 1.807) is 0 Å². The minimum Gasteiger partial charge on any atom is -0.198 e. The summed E-state index contributed by atoms with van der Waals surface area (Å²) in [6.45, 7) is 2.36. The van der Waals surface area contributed by atoms with Crippen molar-refractivity contribution in [3.05, 3.63) is 0 Å². The number of nitrogens with zero attached hydrogens (tertiary/aromatic N) is 1. The number of unbranched alkanes of at least 4 members (excludes halogenated alkanes) is 1. The fraction of sp³-hybridized carbons (Fsp3) is 0.909. The van der Waals surface area contributed by atoms with Gasteiger partial charge in [-0.2, -0.15) is 17.0 Å². The quantitative estimate of drug-likeness (QED) is 0.643. The van der Waals surface area contributed by atoms with Crippen molar-refractivity contribution >= 4 is 11.8 Å². The number of nitriles is 1. The van der Waals surface area contributed by atoms with Crippen molar-refractivity contribution in [3.8, 4) is 6.07 Å². The number of rotatable bonds is 4. The van der Waals surface area contributed by atoms with E-state index in [0.29, 0.717) is 0 Å². The van der Waals surface area contributed by atoms with E-state index in [-0.39, 0.29) is 0 Å². The summed E-state index contributed by atoms with van der Waals surface area (Å²) in [4.78, 5) is 0. The molecular formula is C11H19NS. The lowest BCUT2D eigenvalue weighted by Crippen LogP contribution is -2.15. The average Bonchev–Trinajstić information content (AvgIpc) is 2.13. The molecule has 0 amide bonds. The van der Waals surface area contributed by atoms with Gasteiger partial charge in [0.05, 0.1) is 6.07 Å². The highest BCUT2D eigenvalue weighted by Crippen LogP contribution is 2.32. The molecule has 1 aliphatic rings. The van der Waals surface area contributed by atoms with Crippen LogP contribution in [0, 0.1) is 17.2 Å². The molecule has 0 aromatic heterocycles. The van der Waals surface area contributed by atoms with Crippen LogP contribution in [-0.4, -0.2) is 11.0 Å². The standard InChI is InChI=1S/C11H19NS/c1-10-5-4-6-11(9-10)13-8-3-2-7-12/h10-11H,2-6,8-9H2,1H3. The van der Waals surface area contributed by atoms with Crippen molar-refractivity contribution in [3.63, 3.8) is 0 Å². The largest absolute Gasteiger partial charge is 0.198 e. The van der Waals surface area contributed by atoms with Gasteiger partial charge in [0.15, 0.2) is 0 Å². The van der Waals surface area contributed by atoms with Gasteiger partial charge in [0.1, 0.15) is 0 Å². The van der Waals surface area contributed by atoms with Gasteiger partial charge in [0.25, 0.3) is 0 Å². The van der Waals surface area contributed by atoms with Crippen LogP contribution in [0.3, 0.4) is 0 Å². The Hall–Kier alpha value is -0.160. The molecule has 0 aromatic carbocycles. The van der Waals surface area contributed by atoms with Crippen LogP contribution in [-0.2, 0) is 0 Å². The molecule has 13 heavy (non-hydrogen) atoms. The molecule has 0 radical (unpaired) electrons. The van der Waals surface area contributed by atoms with Crippen molar-refractivity contribution in [2.45, 2.75) is 50.7 Å². The first-order chi connectivity index (χ1) is 6.33. The van der Waals surface area contributed by atoms with Gasteiger partial charge in [0.2, 0.25) is 0 Å². The molecule has 1 saturated carbocycles. The van der Waals surface area contributed by atoms with Gasteiger partial charge in [-0.25, -0.2) is 0 Å². The van der Waals surface area contributed by atoms with Crippen molar-refractivity contribution < 1.29 is 0 Å². The second kappa shape index (κ2) is 6.32. The van der Waals surface area contributed by atoms with Crippen molar-refractivity contribution in [1.29, 1.82) is 5.26 Å². The predicted octanol–water partition coefficient (Wildman–Crippen LogP) is 3.60. The maximum absolute atomic E-state index is 8.39. The molecule has 0 aromatic rings. The summed E-state index contributed by atoms with van der Waals surface area (Å²) in [5.74, 6) is 2.12. The Kier molecular flexibility index (Phi) is 5.31. The van der Waals surface area contributed by atoms with Crippen LogP contribution in [0.2, 0.25) is 0 Å². The molecule has 2 unspecified atom stereocenters. The third kappa shape index (κ3) is 4.57. The lowest BCUT2D eigenvalue weighted by Gasteiger charge is -2.26. The third-order valence-corrected chi connectivity index (χ3v) is 4.10. The Morgan fingerprint density at radius 3 is 3.00 bits per heavy atom. The summed E-state index contributed by atoms with van der Waals surface area (Å²) in [5, 5.41) is 9.28. The molecule has 1 nitrogen and oxygen atoms in total. The van der Waals surface area contributed by atoms with Crippen LogP contribution < -0.4 is 0 Å². The van der Waals surface area contributed by atoms with Crippen LogP contribution >= 0.6 is 11.8 Å². The van der Waals surface area contributed by atoms with Crippen LogP contribution in [0.15, 0.2) is 0 Å². The lowest BCUT2D eigenvalue weighted by atomic mass is 9.91. The average molecular weight is 197 g/mol. The molecule has 2 atom stereocenters. The Balaban J connectivity index is 2.04. The fourth-order valence-electron chi connectivity index (χ4n) is 1.93. The zero-order chi connectivity index (χ0) is 9.52. The predicted molar refractivity (Wildman–Crippen MR) is 58.7 cm³/mol. The van der Waals surface area contributed by atoms with E-state index in [2.05, 4.69) is 24.8 Å². The van der Waals surface area contributed by atoms with Crippen molar-refractivity contribution in [1.82, 2.24) is 0 Å². The summed E-state index contributed by atoms with van der Waals surface area (Å²) < 4.78 is 0. The zero-order valence-corrected chi connectivity index (χ0v) is 9.28. The highest BCUT2D eigenvalue weighted by Gasteiger charge is 2.18. The Labute approximate surface area is 85.9 Å². The molecule has 0 N–H and O–H groups in total. The number of hydrogen-bond donors (Lipinski definition) is 0. The summed E-state index contributed by atoms with van der Waals surface area (Å²) >= 11 is 2.09. The lowest BCUT2D eigenvalue weighted by molar-refractivity contribution is 0.394. The second-order valence-corrected chi connectivity index (χ2v) is 5.43. The molecule has 1 fully saturated rings. The van der Waals surface area contributed by atoms with E-state index in [4.69, 9.17) is 5.26 Å². The zero-order valence-electron chi connectivity index (χ0n) is 8.46. The molecule has 1 rings (SSSR count). The Morgan fingerprint density at radius 1 is 1.46 bits per heavy atom. The Bertz CT molecular complexity index is 173. The first-order valence-electron chi connectivity index (χ1n) is 5.31. The normalized spacial score (nSPS) is 28.3. The van der Waals surface area contributed by atoms with E-state index in [0.717, 1.165) is 24.0 Å². The highest BCUT2D eigenvalue weighted by atomic mass is 32.2. The number of hydrogen-bond acceptors (Lipinski definition) is 2. The van der Waals surface area contributed by atoms with E-state index in [1.165, 1.54) is 31.4 Å². The molecular weight excluding hydrogens is 178 g/mol. The molecule has 0 heterocycles. The molecule has 0 spiro atoms. The van der Waals surface area contributed by atoms with Gasteiger partial charge >= 0.3 is 0 Å². The highest BCUT2D eigenvalue weighted by molar-refractivity contribution is 7.99. The Morgan fingerprint density at radius 2 is 2.31 bits per heavy atom. The molecule has 0 saturated heterocycles. The monoisotopic (exact) mass is 197 g/mol. The molecule has 2 heteroatoms. The summed E-state index contributed by atoms with van der Waals surface area (Å²) in [5.41, 5.74) is 0. The van der Waals surface area contributed by atoms with E-state index in [9.17, 15) is 0 Å². The van der Waals surface area contributed by atoms with Crippen LogP contribution in [0.1, 0.15) is 45.4 Å². The van der Waals surface area contributed by atoms with E-state index in [1.807, 2.05) is 0 Å².